The molecule has 1 unspecified atom stereocenters. The van der Waals surface area contributed by atoms with Crippen molar-refractivity contribution in [1.82, 2.24) is 0 Å². The molecule has 0 aromatic heterocycles. The van der Waals surface area contributed by atoms with Crippen LogP contribution in [-0.4, -0.2) is 44.2 Å². The van der Waals surface area contributed by atoms with E-state index in [-0.39, 0.29) is 18.2 Å². The number of hydrogen-bond donors (Lipinski definition) is 1. The topological polar surface area (TPSA) is 61.9 Å². The van der Waals surface area contributed by atoms with Crippen molar-refractivity contribution in [2.24, 2.45) is 0 Å². The van der Waals surface area contributed by atoms with Gasteiger partial charge in [0.1, 0.15) is 6.04 Å². The molecule has 0 spiro atoms. The zero-order valence-corrected chi connectivity index (χ0v) is 15.5. The molecule has 27 heavy (non-hydrogen) atoms. The highest BCUT2D eigenvalue weighted by Gasteiger charge is 2.39. The smallest absolute Gasteiger partial charge is 0.256 e. The van der Waals surface area contributed by atoms with E-state index in [0.29, 0.717) is 10.7 Å². The fraction of sp³-hybridized carbons (Fsp3) is 0.300. The predicted molar refractivity (Wildman–Crippen MR) is 105 cm³/mol. The van der Waals surface area contributed by atoms with Gasteiger partial charge in [0.25, 0.3) is 5.91 Å². The number of rotatable bonds is 4. The van der Waals surface area contributed by atoms with E-state index in [0.717, 1.165) is 37.7 Å². The second-order valence-electron chi connectivity index (χ2n) is 6.59. The second kappa shape index (κ2) is 7.58. The minimum Gasteiger partial charge on any atom is -0.378 e. The van der Waals surface area contributed by atoms with Gasteiger partial charge in [-0.15, -0.1) is 0 Å². The minimum atomic E-state index is -0.578. The Kier molecular flexibility index (Phi) is 5.01. The van der Waals surface area contributed by atoms with Crippen LogP contribution in [0.4, 0.5) is 17.1 Å². The van der Waals surface area contributed by atoms with Gasteiger partial charge in [-0.3, -0.25) is 9.59 Å². The van der Waals surface area contributed by atoms with Crippen LogP contribution in [0.25, 0.3) is 0 Å². The minimum absolute atomic E-state index is 0.122. The number of nitrogens with one attached hydrogen (secondary N) is 1. The molecule has 4 rings (SSSR count). The molecule has 0 aliphatic carbocycles. The maximum Gasteiger partial charge on any atom is 0.256 e. The number of carbonyl (C=O) groups is 2. The maximum atomic E-state index is 12.7. The molecule has 7 heteroatoms. The van der Waals surface area contributed by atoms with Crippen LogP contribution >= 0.6 is 11.6 Å². The van der Waals surface area contributed by atoms with Crippen LogP contribution in [0.2, 0.25) is 5.02 Å². The van der Waals surface area contributed by atoms with Crippen molar-refractivity contribution in [2.75, 3.05) is 41.4 Å². The van der Waals surface area contributed by atoms with Crippen LogP contribution in [0, 0.1) is 0 Å². The van der Waals surface area contributed by atoms with Crippen LogP contribution in [0.15, 0.2) is 48.5 Å². The summed E-state index contributed by atoms with van der Waals surface area (Å²) in [5, 5.41) is 3.67. The Morgan fingerprint density at radius 2 is 1.74 bits per heavy atom. The zero-order valence-electron chi connectivity index (χ0n) is 14.7. The molecule has 1 N–H and O–H groups in total. The number of nitrogens with zero attached hydrogens (tertiary/aromatic N) is 2. The summed E-state index contributed by atoms with van der Waals surface area (Å²) in [6.45, 7) is 3.21. The molecule has 2 fully saturated rings. The van der Waals surface area contributed by atoms with Gasteiger partial charge in [0, 0.05) is 29.5 Å². The molecule has 2 aromatic carbocycles. The average Bonchev–Trinajstić information content (AvgIpc) is 2.96. The van der Waals surface area contributed by atoms with Gasteiger partial charge in [-0.2, -0.15) is 0 Å². The summed E-state index contributed by atoms with van der Waals surface area (Å²) < 4.78 is 5.37. The average molecular weight is 386 g/mol. The fourth-order valence-corrected chi connectivity index (χ4v) is 3.61. The number of imide groups is 1. The summed E-state index contributed by atoms with van der Waals surface area (Å²) in [5.74, 6) is -0.496. The number of hydrogen-bond acceptors (Lipinski definition) is 5. The lowest BCUT2D eigenvalue weighted by Gasteiger charge is -2.29. The van der Waals surface area contributed by atoms with Crippen LogP contribution in [0.1, 0.15) is 6.42 Å². The molecule has 0 saturated carbocycles. The summed E-state index contributed by atoms with van der Waals surface area (Å²) in [6.07, 6.45) is 0.122. The number of anilines is 3. The van der Waals surface area contributed by atoms with Crippen LogP contribution in [0.3, 0.4) is 0 Å². The van der Waals surface area contributed by atoms with Crippen molar-refractivity contribution in [3.63, 3.8) is 0 Å². The number of carbonyl (C=O) groups excluding carboxylic acids is 2. The quantitative estimate of drug-likeness (QED) is 0.820. The first kappa shape index (κ1) is 17.8. The predicted octanol–water partition coefficient (Wildman–Crippen LogP) is 2.92. The van der Waals surface area contributed by atoms with Gasteiger partial charge in [-0.25, -0.2) is 4.90 Å². The summed E-state index contributed by atoms with van der Waals surface area (Å²) in [6, 6.07) is 14.1. The van der Waals surface area contributed by atoms with E-state index < -0.39 is 6.04 Å². The Balaban J connectivity index is 1.45. The van der Waals surface area contributed by atoms with E-state index in [1.54, 1.807) is 24.3 Å². The molecule has 2 heterocycles. The summed E-state index contributed by atoms with van der Waals surface area (Å²) in [4.78, 5) is 28.5. The zero-order chi connectivity index (χ0) is 18.8. The van der Waals surface area contributed by atoms with Crippen LogP contribution in [-0.2, 0) is 14.3 Å². The van der Waals surface area contributed by atoms with E-state index in [1.807, 2.05) is 24.3 Å². The molecule has 0 radical (unpaired) electrons. The first-order valence-corrected chi connectivity index (χ1v) is 9.31. The van der Waals surface area contributed by atoms with E-state index in [9.17, 15) is 9.59 Å². The van der Waals surface area contributed by atoms with E-state index >= 15 is 0 Å². The number of ether oxygens (including phenoxy) is 1. The van der Waals surface area contributed by atoms with Crippen molar-refractivity contribution in [3.05, 3.63) is 53.6 Å². The molecular weight excluding hydrogens is 366 g/mol. The molecule has 1 atom stereocenters. The fourth-order valence-electron chi connectivity index (χ4n) is 3.42. The SMILES string of the molecule is O=C1CC(Nc2ccc(N3CCOCC3)cc2)C(=O)N1c1cccc(Cl)c1. The summed E-state index contributed by atoms with van der Waals surface area (Å²) >= 11 is 5.99. The summed E-state index contributed by atoms with van der Waals surface area (Å²) in [7, 11) is 0. The maximum absolute atomic E-state index is 12.7. The van der Waals surface area contributed by atoms with Gasteiger partial charge in [0.2, 0.25) is 5.91 Å². The third-order valence-electron chi connectivity index (χ3n) is 4.80. The lowest BCUT2D eigenvalue weighted by atomic mass is 10.2. The third-order valence-corrected chi connectivity index (χ3v) is 5.03. The lowest BCUT2D eigenvalue weighted by Crippen LogP contribution is -2.36. The molecule has 140 valence electrons. The molecule has 0 bridgehead atoms. The van der Waals surface area contributed by atoms with Gasteiger partial charge < -0.3 is 15.0 Å². The van der Waals surface area contributed by atoms with E-state index in [4.69, 9.17) is 16.3 Å². The molecule has 2 amide bonds. The van der Waals surface area contributed by atoms with Crippen molar-refractivity contribution < 1.29 is 14.3 Å². The number of halogens is 1. The second-order valence-corrected chi connectivity index (χ2v) is 7.03. The summed E-state index contributed by atoms with van der Waals surface area (Å²) in [5.41, 5.74) is 2.44. The van der Waals surface area contributed by atoms with E-state index in [1.165, 1.54) is 4.90 Å². The molecule has 6 nitrogen and oxygen atoms in total. The Labute approximate surface area is 162 Å². The highest BCUT2D eigenvalue weighted by Crippen LogP contribution is 2.27. The van der Waals surface area contributed by atoms with Gasteiger partial charge in [0.05, 0.1) is 25.3 Å². The lowest BCUT2D eigenvalue weighted by molar-refractivity contribution is -0.121. The van der Waals surface area contributed by atoms with Gasteiger partial charge in [-0.1, -0.05) is 17.7 Å². The molecular formula is C20H20ClN3O3. The highest BCUT2D eigenvalue weighted by molar-refractivity contribution is 6.31. The Morgan fingerprint density at radius 1 is 1.00 bits per heavy atom. The Hall–Kier alpha value is -2.57. The van der Waals surface area contributed by atoms with Gasteiger partial charge >= 0.3 is 0 Å². The molecule has 2 aliphatic rings. The van der Waals surface area contributed by atoms with Crippen molar-refractivity contribution >= 4 is 40.5 Å². The first-order chi connectivity index (χ1) is 13.1. The Bertz CT molecular complexity index is 850. The molecule has 2 aromatic rings. The molecule has 2 saturated heterocycles. The van der Waals surface area contributed by atoms with Gasteiger partial charge in [0.15, 0.2) is 0 Å². The third kappa shape index (κ3) is 3.77. The van der Waals surface area contributed by atoms with E-state index in [2.05, 4.69) is 10.2 Å². The van der Waals surface area contributed by atoms with Gasteiger partial charge in [-0.05, 0) is 42.5 Å². The standard InChI is InChI=1S/C20H20ClN3O3/c21-14-2-1-3-17(12-14)24-19(25)13-18(20(24)26)22-15-4-6-16(7-5-15)23-8-10-27-11-9-23/h1-7,12,18,22H,8-11,13H2. The number of benzene rings is 2. The number of amides is 2. The first-order valence-electron chi connectivity index (χ1n) is 8.93. The van der Waals surface area contributed by atoms with Crippen LogP contribution in [0.5, 0.6) is 0 Å². The normalized spacial score (nSPS) is 20.3. The monoisotopic (exact) mass is 385 g/mol. The largest absolute Gasteiger partial charge is 0.378 e. The molecule has 2 aliphatic heterocycles. The van der Waals surface area contributed by atoms with Crippen molar-refractivity contribution in [2.45, 2.75) is 12.5 Å². The van der Waals surface area contributed by atoms with Crippen molar-refractivity contribution in [1.29, 1.82) is 0 Å². The van der Waals surface area contributed by atoms with Crippen molar-refractivity contribution in [3.8, 4) is 0 Å². The van der Waals surface area contributed by atoms with Crippen LogP contribution < -0.4 is 15.1 Å². The highest BCUT2D eigenvalue weighted by atomic mass is 35.5. The Morgan fingerprint density at radius 3 is 2.44 bits per heavy atom. The number of morpholine rings is 1.